The fourth-order valence-corrected chi connectivity index (χ4v) is 4.24. The van der Waals surface area contributed by atoms with E-state index in [1.54, 1.807) is 23.3 Å². The first-order chi connectivity index (χ1) is 12.6. The van der Waals surface area contributed by atoms with Gasteiger partial charge in [0.25, 0.3) is 0 Å². The zero-order chi connectivity index (χ0) is 18.5. The molecule has 3 rings (SSSR count). The van der Waals surface area contributed by atoms with Crippen LogP contribution in [0.3, 0.4) is 0 Å². The Balaban J connectivity index is 1.61. The van der Waals surface area contributed by atoms with Crippen molar-refractivity contribution in [3.63, 3.8) is 0 Å². The van der Waals surface area contributed by atoms with Crippen LogP contribution in [0.25, 0.3) is 10.7 Å². The van der Waals surface area contributed by atoms with Crippen molar-refractivity contribution in [1.29, 1.82) is 0 Å². The van der Waals surface area contributed by atoms with E-state index >= 15 is 0 Å². The van der Waals surface area contributed by atoms with Crippen molar-refractivity contribution in [1.82, 2.24) is 19.7 Å². The lowest BCUT2D eigenvalue weighted by Crippen LogP contribution is -2.27. The van der Waals surface area contributed by atoms with Gasteiger partial charge >= 0.3 is 0 Å². The normalized spacial score (nSPS) is 10.9. The molecule has 0 N–H and O–H groups in total. The molecule has 136 valence electrons. The smallest absolute Gasteiger partial charge is 0.233 e. The van der Waals surface area contributed by atoms with Crippen molar-refractivity contribution >= 4 is 40.6 Å². The monoisotopic (exact) mass is 406 g/mol. The first-order valence-electron chi connectivity index (χ1n) is 8.16. The van der Waals surface area contributed by atoms with Crippen LogP contribution >= 0.6 is 34.7 Å². The highest BCUT2D eigenvalue weighted by atomic mass is 35.5. The summed E-state index contributed by atoms with van der Waals surface area (Å²) in [5, 5.41) is 12.0. The van der Waals surface area contributed by atoms with E-state index in [0.717, 1.165) is 28.0 Å². The molecule has 0 bridgehead atoms. The number of benzene rings is 1. The lowest BCUT2D eigenvalue weighted by Gasteiger charge is -2.17. The molecule has 3 aromatic rings. The molecule has 0 spiro atoms. The molecule has 26 heavy (non-hydrogen) atoms. The van der Waals surface area contributed by atoms with Crippen LogP contribution in [0.4, 0.5) is 0 Å². The first-order valence-corrected chi connectivity index (χ1v) is 10.4. The SMILES string of the molecule is CCn1c(SCC(=O)N(C)Cc2ccc(Cl)cc2)nnc1-c1cccs1. The Kier molecular flexibility index (Phi) is 6.34. The fourth-order valence-electron chi connectivity index (χ4n) is 2.46. The van der Waals surface area contributed by atoms with E-state index < -0.39 is 0 Å². The Labute approximate surface area is 166 Å². The highest BCUT2D eigenvalue weighted by molar-refractivity contribution is 7.99. The Morgan fingerprint density at radius 3 is 2.69 bits per heavy atom. The van der Waals surface area contributed by atoms with Crippen LogP contribution in [0.15, 0.2) is 46.9 Å². The summed E-state index contributed by atoms with van der Waals surface area (Å²) < 4.78 is 2.04. The average Bonchev–Trinajstić information content (AvgIpc) is 3.30. The third-order valence-electron chi connectivity index (χ3n) is 3.86. The Bertz CT molecular complexity index is 862. The van der Waals surface area contributed by atoms with E-state index in [0.29, 0.717) is 17.3 Å². The zero-order valence-electron chi connectivity index (χ0n) is 14.6. The zero-order valence-corrected chi connectivity index (χ0v) is 16.9. The van der Waals surface area contributed by atoms with Gasteiger partial charge in [-0.3, -0.25) is 4.79 Å². The summed E-state index contributed by atoms with van der Waals surface area (Å²) in [6.45, 7) is 3.37. The average molecular weight is 407 g/mol. The molecule has 0 unspecified atom stereocenters. The summed E-state index contributed by atoms with van der Waals surface area (Å²) in [5.41, 5.74) is 1.05. The minimum Gasteiger partial charge on any atom is -0.341 e. The molecule has 0 fully saturated rings. The maximum atomic E-state index is 12.4. The highest BCUT2D eigenvalue weighted by Crippen LogP contribution is 2.27. The molecule has 1 amide bonds. The van der Waals surface area contributed by atoms with Crippen LogP contribution < -0.4 is 0 Å². The second-order valence-electron chi connectivity index (χ2n) is 5.69. The summed E-state index contributed by atoms with van der Waals surface area (Å²) in [6, 6.07) is 11.6. The summed E-state index contributed by atoms with van der Waals surface area (Å²) in [7, 11) is 1.80. The van der Waals surface area contributed by atoms with Crippen LogP contribution in [0.1, 0.15) is 12.5 Å². The molecular weight excluding hydrogens is 388 g/mol. The molecule has 0 saturated heterocycles. The summed E-state index contributed by atoms with van der Waals surface area (Å²) >= 11 is 8.95. The van der Waals surface area contributed by atoms with E-state index in [1.807, 2.05) is 46.3 Å². The quantitative estimate of drug-likeness (QED) is 0.544. The van der Waals surface area contributed by atoms with Crippen molar-refractivity contribution in [2.24, 2.45) is 0 Å². The largest absolute Gasteiger partial charge is 0.341 e. The van der Waals surface area contributed by atoms with Gasteiger partial charge < -0.3 is 9.47 Å². The molecule has 1 aromatic carbocycles. The van der Waals surface area contributed by atoms with Crippen LogP contribution in [0.5, 0.6) is 0 Å². The molecule has 0 aliphatic carbocycles. The van der Waals surface area contributed by atoms with Gasteiger partial charge in [0.05, 0.1) is 10.6 Å². The maximum Gasteiger partial charge on any atom is 0.233 e. The third kappa shape index (κ3) is 4.47. The minimum atomic E-state index is 0.0493. The molecule has 0 aliphatic heterocycles. The number of hydrogen-bond donors (Lipinski definition) is 0. The van der Waals surface area contributed by atoms with Crippen LogP contribution in [-0.4, -0.2) is 38.4 Å². The Morgan fingerprint density at radius 1 is 1.27 bits per heavy atom. The number of hydrogen-bond acceptors (Lipinski definition) is 5. The molecule has 2 aromatic heterocycles. The second kappa shape index (κ2) is 8.70. The Morgan fingerprint density at radius 2 is 2.04 bits per heavy atom. The number of amides is 1. The van der Waals surface area contributed by atoms with Gasteiger partial charge in [0, 0.05) is 25.2 Å². The number of carbonyl (C=O) groups excluding carboxylic acids is 1. The van der Waals surface area contributed by atoms with E-state index in [1.165, 1.54) is 11.8 Å². The maximum absolute atomic E-state index is 12.4. The number of thiophene rings is 1. The second-order valence-corrected chi connectivity index (χ2v) is 8.02. The number of carbonyl (C=O) groups is 1. The highest BCUT2D eigenvalue weighted by Gasteiger charge is 2.16. The Hall–Kier alpha value is -1.83. The lowest BCUT2D eigenvalue weighted by atomic mass is 10.2. The molecule has 0 atom stereocenters. The van der Waals surface area contributed by atoms with E-state index in [-0.39, 0.29) is 5.91 Å². The standard InChI is InChI=1S/C18H19ClN4OS2/c1-3-23-17(15-5-4-10-25-15)20-21-18(23)26-12-16(24)22(2)11-13-6-8-14(19)9-7-13/h4-10H,3,11-12H2,1-2H3. The van der Waals surface area contributed by atoms with Crippen molar-refractivity contribution < 1.29 is 4.79 Å². The third-order valence-corrected chi connectivity index (χ3v) is 5.93. The molecule has 0 aliphatic rings. The van der Waals surface area contributed by atoms with E-state index in [4.69, 9.17) is 11.6 Å². The van der Waals surface area contributed by atoms with Crippen LogP contribution in [-0.2, 0) is 17.9 Å². The molecule has 8 heteroatoms. The van der Waals surface area contributed by atoms with E-state index in [2.05, 4.69) is 17.1 Å². The van der Waals surface area contributed by atoms with Gasteiger partial charge in [0.15, 0.2) is 11.0 Å². The number of aromatic nitrogens is 3. The number of rotatable bonds is 7. The number of halogens is 1. The molecular formula is C18H19ClN4OS2. The molecule has 0 saturated carbocycles. The number of nitrogens with zero attached hydrogens (tertiary/aromatic N) is 4. The topological polar surface area (TPSA) is 51.0 Å². The number of thioether (sulfide) groups is 1. The van der Waals surface area contributed by atoms with Crippen molar-refractivity contribution in [2.45, 2.75) is 25.2 Å². The summed E-state index contributed by atoms with van der Waals surface area (Å²) in [5.74, 6) is 1.23. The van der Waals surface area contributed by atoms with Gasteiger partial charge in [-0.15, -0.1) is 21.5 Å². The van der Waals surface area contributed by atoms with Gasteiger partial charge in [0.2, 0.25) is 5.91 Å². The fraction of sp³-hybridized carbons (Fsp3) is 0.278. The first kappa shape index (κ1) is 18.9. The van der Waals surface area contributed by atoms with Crippen molar-refractivity contribution in [3.05, 3.63) is 52.4 Å². The predicted octanol–water partition coefficient (Wildman–Crippen LogP) is 4.43. The van der Waals surface area contributed by atoms with Gasteiger partial charge in [-0.25, -0.2) is 0 Å². The van der Waals surface area contributed by atoms with Crippen molar-refractivity contribution in [2.75, 3.05) is 12.8 Å². The van der Waals surface area contributed by atoms with Crippen LogP contribution in [0, 0.1) is 0 Å². The van der Waals surface area contributed by atoms with Gasteiger partial charge in [-0.2, -0.15) is 0 Å². The summed E-state index contributed by atoms with van der Waals surface area (Å²) in [6.07, 6.45) is 0. The van der Waals surface area contributed by atoms with Crippen LogP contribution in [0.2, 0.25) is 5.02 Å². The lowest BCUT2D eigenvalue weighted by molar-refractivity contribution is -0.127. The molecule has 0 radical (unpaired) electrons. The summed E-state index contributed by atoms with van der Waals surface area (Å²) in [4.78, 5) is 15.2. The van der Waals surface area contributed by atoms with Gasteiger partial charge in [-0.1, -0.05) is 41.6 Å². The molecule has 2 heterocycles. The molecule has 5 nitrogen and oxygen atoms in total. The minimum absolute atomic E-state index is 0.0493. The van der Waals surface area contributed by atoms with E-state index in [9.17, 15) is 4.79 Å². The predicted molar refractivity (Wildman–Crippen MR) is 108 cm³/mol. The van der Waals surface area contributed by atoms with Gasteiger partial charge in [0.1, 0.15) is 0 Å². The van der Waals surface area contributed by atoms with Gasteiger partial charge in [-0.05, 0) is 36.1 Å². The van der Waals surface area contributed by atoms with Crippen molar-refractivity contribution in [3.8, 4) is 10.7 Å².